The molecule has 5 nitrogen and oxygen atoms in total. The molecule has 1 aromatic carbocycles. The van der Waals surface area contributed by atoms with E-state index in [4.69, 9.17) is 4.74 Å². The normalized spacial score (nSPS) is 11.1. The van der Waals surface area contributed by atoms with Gasteiger partial charge in [0.2, 0.25) is 0 Å². The highest BCUT2D eigenvalue weighted by Crippen LogP contribution is 2.29. The largest absolute Gasteiger partial charge is 0.462 e. The molecule has 3 rings (SSSR count). The Hall–Kier alpha value is -2.92. The van der Waals surface area contributed by atoms with Crippen LogP contribution in [0.5, 0.6) is 0 Å². The monoisotopic (exact) mass is 392 g/mol. The highest BCUT2D eigenvalue weighted by Gasteiger charge is 2.20. The van der Waals surface area contributed by atoms with Gasteiger partial charge in [0.1, 0.15) is 5.56 Å². The number of hydrogen-bond acceptors (Lipinski definition) is 4. The Kier molecular flexibility index (Phi) is 6.18. The van der Waals surface area contributed by atoms with E-state index in [1.165, 1.54) is 5.56 Å². The van der Waals surface area contributed by atoms with Crippen molar-refractivity contribution in [3.63, 3.8) is 0 Å². The van der Waals surface area contributed by atoms with E-state index in [1.807, 2.05) is 39.0 Å². The molecule has 0 radical (unpaired) electrons. The predicted molar refractivity (Wildman–Crippen MR) is 117 cm³/mol. The molecule has 0 bridgehead atoms. The summed E-state index contributed by atoms with van der Waals surface area (Å²) < 4.78 is 6.81. The van der Waals surface area contributed by atoms with Crippen molar-refractivity contribution in [2.75, 3.05) is 13.2 Å². The first-order valence-electron chi connectivity index (χ1n) is 10.0. The summed E-state index contributed by atoms with van der Waals surface area (Å²) in [5, 5.41) is 3.30. The Morgan fingerprint density at radius 2 is 1.76 bits per heavy atom. The summed E-state index contributed by atoms with van der Waals surface area (Å²) in [6.07, 6.45) is 0. The van der Waals surface area contributed by atoms with Crippen molar-refractivity contribution in [1.82, 2.24) is 9.72 Å². The number of carbonyl (C=O) groups is 1. The molecule has 2 aromatic heterocycles. The Morgan fingerprint density at radius 1 is 1.07 bits per heavy atom. The van der Waals surface area contributed by atoms with E-state index >= 15 is 0 Å². The molecule has 1 N–H and O–H groups in total. The molecule has 0 aliphatic heterocycles. The molecular weight excluding hydrogens is 364 g/mol. The van der Waals surface area contributed by atoms with Crippen LogP contribution in [0.1, 0.15) is 46.5 Å². The number of pyridine rings is 2. The van der Waals surface area contributed by atoms with Crippen molar-refractivity contribution in [1.29, 1.82) is 0 Å². The summed E-state index contributed by atoms with van der Waals surface area (Å²) in [5.74, 6) is -0.586. The van der Waals surface area contributed by atoms with Gasteiger partial charge < -0.3 is 10.1 Å². The summed E-state index contributed by atoms with van der Waals surface area (Å²) in [6, 6.07) is 11.7. The zero-order valence-electron chi connectivity index (χ0n) is 17.8. The van der Waals surface area contributed by atoms with Gasteiger partial charge in [-0.1, -0.05) is 30.7 Å². The lowest BCUT2D eigenvalue weighted by Crippen LogP contribution is -2.27. The zero-order valence-corrected chi connectivity index (χ0v) is 17.8. The first-order chi connectivity index (χ1) is 13.9. The molecule has 0 saturated heterocycles. The van der Waals surface area contributed by atoms with Crippen LogP contribution in [0.3, 0.4) is 0 Å². The SMILES string of the molecule is CCNCc1cc(C(=O)OCC)c(=O)n2c(-c3c(C)cc(C)cc3C)cccc12. The number of aryl methyl sites for hydroxylation is 3. The van der Waals surface area contributed by atoms with Gasteiger partial charge >= 0.3 is 5.97 Å². The standard InChI is InChI=1S/C24H28N2O3/c1-6-25-14-18-13-19(24(28)29-7-2)23(27)26-20(18)9-8-10-21(26)22-16(4)11-15(3)12-17(22)5/h8-13,25H,6-7,14H2,1-5H3. The molecule has 0 aliphatic rings. The zero-order chi connectivity index (χ0) is 21.1. The van der Waals surface area contributed by atoms with Crippen molar-refractivity contribution in [3.05, 3.63) is 74.6 Å². The number of rotatable bonds is 6. The third kappa shape index (κ3) is 3.96. The average molecular weight is 392 g/mol. The fourth-order valence-electron chi connectivity index (χ4n) is 3.94. The van der Waals surface area contributed by atoms with Gasteiger partial charge in [-0.2, -0.15) is 0 Å². The maximum atomic E-state index is 13.4. The lowest BCUT2D eigenvalue weighted by molar-refractivity contribution is 0.0524. The molecule has 0 saturated carbocycles. The summed E-state index contributed by atoms with van der Waals surface area (Å²) in [7, 11) is 0. The van der Waals surface area contributed by atoms with E-state index < -0.39 is 5.97 Å². The minimum absolute atomic E-state index is 0.0621. The summed E-state index contributed by atoms with van der Waals surface area (Å²) in [6.45, 7) is 11.5. The van der Waals surface area contributed by atoms with Gasteiger partial charge in [-0.15, -0.1) is 0 Å². The number of fused-ring (bicyclic) bond motifs is 1. The lowest BCUT2D eigenvalue weighted by atomic mass is 9.96. The number of aromatic nitrogens is 1. The first-order valence-corrected chi connectivity index (χ1v) is 10.0. The molecule has 0 amide bonds. The second-order valence-corrected chi connectivity index (χ2v) is 7.29. The Morgan fingerprint density at radius 3 is 2.38 bits per heavy atom. The van der Waals surface area contributed by atoms with Gasteiger partial charge in [-0.05, 0) is 69.1 Å². The van der Waals surface area contributed by atoms with Crippen LogP contribution in [0.25, 0.3) is 16.8 Å². The fraction of sp³-hybridized carbons (Fsp3) is 0.333. The number of esters is 1. The van der Waals surface area contributed by atoms with Crippen molar-refractivity contribution < 1.29 is 9.53 Å². The van der Waals surface area contributed by atoms with Gasteiger partial charge in [0.25, 0.3) is 5.56 Å². The Labute approximate surface area is 171 Å². The second-order valence-electron chi connectivity index (χ2n) is 7.29. The Bertz CT molecular complexity index is 1110. The van der Waals surface area contributed by atoms with Crippen LogP contribution in [-0.2, 0) is 11.3 Å². The van der Waals surface area contributed by atoms with Crippen molar-refractivity contribution in [2.45, 2.75) is 41.2 Å². The highest BCUT2D eigenvalue weighted by molar-refractivity contribution is 5.90. The van der Waals surface area contributed by atoms with Crippen molar-refractivity contribution in [2.24, 2.45) is 0 Å². The quantitative estimate of drug-likeness (QED) is 0.640. The number of carbonyl (C=O) groups excluding carboxylic acids is 1. The molecule has 0 atom stereocenters. The van der Waals surface area contributed by atoms with E-state index in [1.54, 1.807) is 17.4 Å². The van der Waals surface area contributed by atoms with E-state index in [-0.39, 0.29) is 17.7 Å². The molecule has 0 fully saturated rings. The lowest BCUT2D eigenvalue weighted by Gasteiger charge is -2.18. The van der Waals surface area contributed by atoms with Crippen LogP contribution < -0.4 is 10.9 Å². The van der Waals surface area contributed by atoms with E-state index in [0.29, 0.717) is 6.54 Å². The molecule has 2 heterocycles. The van der Waals surface area contributed by atoms with Gasteiger partial charge in [-0.25, -0.2) is 4.79 Å². The third-order valence-corrected chi connectivity index (χ3v) is 5.07. The van der Waals surface area contributed by atoms with Crippen LogP contribution in [0.15, 0.2) is 41.2 Å². The topological polar surface area (TPSA) is 59.8 Å². The molecule has 29 heavy (non-hydrogen) atoms. The van der Waals surface area contributed by atoms with E-state index in [2.05, 4.69) is 24.4 Å². The molecule has 0 unspecified atom stereocenters. The highest BCUT2D eigenvalue weighted by atomic mass is 16.5. The predicted octanol–water partition coefficient (Wildman–Crippen LogP) is 4.18. The number of benzene rings is 1. The van der Waals surface area contributed by atoms with E-state index in [9.17, 15) is 9.59 Å². The maximum absolute atomic E-state index is 13.4. The van der Waals surface area contributed by atoms with Crippen LogP contribution >= 0.6 is 0 Å². The smallest absolute Gasteiger partial charge is 0.343 e. The average Bonchev–Trinajstić information content (AvgIpc) is 2.67. The van der Waals surface area contributed by atoms with Crippen LogP contribution in [0.4, 0.5) is 0 Å². The minimum atomic E-state index is -0.586. The van der Waals surface area contributed by atoms with Crippen LogP contribution in [0, 0.1) is 20.8 Å². The van der Waals surface area contributed by atoms with Gasteiger partial charge in [0, 0.05) is 12.1 Å². The fourth-order valence-corrected chi connectivity index (χ4v) is 3.94. The summed E-state index contributed by atoms with van der Waals surface area (Å²) in [4.78, 5) is 25.9. The summed E-state index contributed by atoms with van der Waals surface area (Å²) in [5.41, 5.74) is 6.55. The number of ether oxygens (including phenoxy) is 1. The molecule has 0 spiro atoms. The van der Waals surface area contributed by atoms with Gasteiger partial charge in [0.05, 0.1) is 17.8 Å². The minimum Gasteiger partial charge on any atom is -0.462 e. The molecular formula is C24H28N2O3. The maximum Gasteiger partial charge on any atom is 0.343 e. The molecule has 3 aromatic rings. The van der Waals surface area contributed by atoms with Crippen LogP contribution in [-0.4, -0.2) is 23.5 Å². The molecule has 5 heteroatoms. The van der Waals surface area contributed by atoms with Gasteiger partial charge in [-0.3, -0.25) is 9.20 Å². The molecule has 152 valence electrons. The number of nitrogens with one attached hydrogen (secondary N) is 1. The van der Waals surface area contributed by atoms with Crippen molar-refractivity contribution in [3.8, 4) is 11.3 Å². The van der Waals surface area contributed by atoms with Crippen molar-refractivity contribution >= 4 is 11.5 Å². The van der Waals surface area contributed by atoms with E-state index in [0.717, 1.165) is 40.0 Å². The number of hydrogen-bond donors (Lipinski definition) is 1. The first kappa shape index (κ1) is 20.8. The second kappa shape index (κ2) is 8.62. The summed E-state index contributed by atoms with van der Waals surface area (Å²) >= 11 is 0. The van der Waals surface area contributed by atoms with Gasteiger partial charge in [0.15, 0.2) is 0 Å². The Balaban J connectivity index is 2.40. The molecule has 0 aliphatic carbocycles. The third-order valence-electron chi connectivity index (χ3n) is 5.07. The van der Waals surface area contributed by atoms with Crippen LogP contribution in [0.2, 0.25) is 0 Å². The number of nitrogens with zero attached hydrogens (tertiary/aromatic N) is 1.